The van der Waals surface area contributed by atoms with Crippen LogP contribution in [0, 0.1) is 0 Å². The number of carbonyl (C=O) groups is 2. The summed E-state index contributed by atoms with van der Waals surface area (Å²) in [4.78, 5) is 22.6. The summed E-state index contributed by atoms with van der Waals surface area (Å²) in [6.07, 6.45) is 1.35. The topological polar surface area (TPSA) is 106 Å². The van der Waals surface area contributed by atoms with Crippen molar-refractivity contribution in [2.24, 2.45) is 5.10 Å². The Morgan fingerprint density at radius 1 is 1.04 bits per heavy atom. The molecule has 0 bridgehead atoms. The molecule has 2 N–H and O–H groups in total. The Morgan fingerprint density at radius 2 is 1.68 bits per heavy atom. The molecular formula is C18H16Br2N2O6. The van der Waals surface area contributed by atoms with E-state index in [2.05, 4.69) is 42.4 Å². The van der Waals surface area contributed by atoms with Crippen LogP contribution in [0.3, 0.4) is 0 Å². The Kier molecular flexibility index (Phi) is 8.27. The van der Waals surface area contributed by atoms with E-state index < -0.39 is 18.5 Å². The van der Waals surface area contributed by atoms with Gasteiger partial charge in [-0.3, -0.25) is 4.79 Å². The quantitative estimate of drug-likeness (QED) is 0.392. The molecule has 0 aromatic heterocycles. The number of rotatable bonds is 9. The van der Waals surface area contributed by atoms with E-state index >= 15 is 0 Å². The molecule has 0 radical (unpaired) electrons. The Balaban J connectivity index is 1.94. The molecule has 0 spiro atoms. The summed E-state index contributed by atoms with van der Waals surface area (Å²) in [5.41, 5.74) is 2.82. The highest BCUT2D eigenvalue weighted by Crippen LogP contribution is 2.30. The van der Waals surface area contributed by atoms with Gasteiger partial charge in [-0.05, 0) is 36.4 Å². The summed E-state index contributed by atoms with van der Waals surface area (Å²) in [5, 5.41) is 12.6. The molecule has 0 aliphatic carbocycles. The van der Waals surface area contributed by atoms with E-state index in [1.54, 1.807) is 36.4 Å². The number of benzene rings is 2. The predicted molar refractivity (Wildman–Crippen MR) is 109 cm³/mol. The van der Waals surface area contributed by atoms with Crippen LogP contribution in [0.5, 0.6) is 17.2 Å². The number of aliphatic carboxylic acids is 1. The van der Waals surface area contributed by atoms with Gasteiger partial charge >= 0.3 is 5.97 Å². The molecule has 148 valence electrons. The SMILES string of the molecule is COc1cc(Br)ccc1OCC(=O)N/N=C/c1cc(Br)ccc1OCC(=O)O. The maximum absolute atomic E-state index is 11.9. The summed E-state index contributed by atoms with van der Waals surface area (Å²) in [6, 6.07) is 10.1. The number of carbonyl (C=O) groups excluding carboxylic acids is 1. The van der Waals surface area contributed by atoms with Crippen LogP contribution in [-0.2, 0) is 9.59 Å². The number of carboxylic acids is 1. The van der Waals surface area contributed by atoms with Crippen LogP contribution in [-0.4, -0.2) is 43.5 Å². The first-order valence-electron chi connectivity index (χ1n) is 7.81. The van der Waals surface area contributed by atoms with E-state index in [0.717, 1.165) is 8.95 Å². The Labute approximate surface area is 177 Å². The minimum Gasteiger partial charge on any atom is -0.493 e. The fourth-order valence-electron chi connectivity index (χ4n) is 2.00. The fraction of sp³-hybridized carbons (Fsp3) is 0.167. The average molecular weight is 516 g/mol. The van der Waals surface area contributed by atoms with E-state index in [4.69, 9.17) is 19.3 Å². The number of nitrogens with zero attached hydrogens (tertiary/aromatic N) is 1. The zero-order valence-electron chi connectivity index (χ0n) is 14.6. The van der Waals surface area contributed by atoms with Gasteiger partial charge in [-0.15, -0.1) is 0 Å². The van der Waals surface area contributed by atoms with Gasteiger partial charge in [-0.1, -0.05) is 31.9 Å². The number of methoxy groups -OCH3 is 1. The minimum absolute atomic E-state index is 0.268. The molecule has 0 saturated carbocycles. The lowest BCUT2D eigenvalue weighted by Gasteiger charge is -2.10. The second-order valence-corrected chi connectivity index (χ2v) is 7.07. The average Bonchev–Trinajstić information content (AvgIpc) is 2.66. The second kappa shape index (κ2) is 10.7. The zero-order chi connectivity index (χ0) is 20.5. The summed E-state index contributed by atoms with van der Waals surface area (Å²) in [6.45, 7) is -0.756. The largest absolute Gasteiger partial charge is 0.493 e. The number of hydrogen-bond acceptors (Lipinski definition) is 6. The lowest BCUT2D eigenvalue weighted by molar-refractivity contribution is -0.139. The molecule has 2 aromatic rings. The standard InChI is InChI=1S/C18H16Br2N2O6/c1-26-16-7-13(20)3-5-15(16)27-9-17(23)22-21-8-11-6-12(19)2-4-14(11)28-10-18(24)25/h2-8H,9-10H2,1H3,(H,22,23)(H,24,25)/b21-8+. The third kappa shape index (κ3) is 6.86. The Bertz CT molecular complexity index is 888. The van der Waals surface area contributed by atoms with Crippen molar-refractivity contribution < 1.29 is 28.9 Å². The maximum Gasteiger partial charge on any atom is 0.341 e. The van der Waals surface area contributed by atoms with Crippen LogP contribution in [0.1, 0.15) is 5.56 Å². The van der Waals surface area contributed by atoms with Gasteiger partial charge in [-0.25, -0.2) is 10.2 Å². The molecule has 2 aromatic carbocycles. The Morgan fingerprint density at radius 3 is 2.36 bits per heavy atom. The van der Waals surface area contributed by atoms with E-state index in [-0.39, 0.29) is 6.61 Å². The summed E-state index contributed by atoms with van der Waals surface area (Å²) in [7, 11) is 1.50. The van der Waals surface area contributed by atoms with Gasteiger partial charge in [0.15, 0.2) is 24.7 Å². The molecule has 0 aliphatic heterocycles. The maximum atomic E-state index is 11.9. The van der Waals surface area contributed by atoms with Crippen LogP contribution in [0.15, 0.2) is 50.4 Å². The molecule has 0 saturated heterocycles. The number of hydrogen-bond donors (Lipinski definition) is 2. The highest BCUT2D eigenvalue weighted by Gasteiger charge is 2.08. The van der Waals surface area contributed by atoms with Gasteiger partial charge < -0.3 is 19.3 Å². The van der Waals surface area contributed by atoms with Crippen molar-refractivity contribution >= 4 is 50.0 Å². The third-order valence-corrected chi connectivity index (χ3v) is 4.19. The van der Waals surface area contributed by atoms with Gasteiger partial charge in [-0.2, -0.15) is 5.10 Å². The number of halogens is 2. The molecule has 28 heavy (non-hydrogen) atoms. The van der Waals surface area contributed by atoms with Gasteiger partial charge in [0.05, 0.1) is 13.3 Å². The highest BCUT2D eigenvalue weighted by molar-refractivity contribution is 9.10. The van der Waals surface area contributed by atoms with Crippen molar-refractivity contribution in [3.63, 3.8) is 0 Å². The van der Waals surface area contributed by atoms with Crippen molar-refractivity contribution in [3.8, 4) is 17.2 Å². The monoisotopic (exact) mass is 514 g/mol. The molecule has 0 fully saturated rings. The van der Waals surface area contributed by atoms with E-state index in [0.29, 0.717) is 22.8 Å². The zero-order valence-corrected chi connectivity index (χ0v) is 17.8. The summed E-state index contributed by atoms with van der Waals surface area (Å²) < 4.78 is 17.4. The van der Waals surface area contributed by atoms with Crippen LogP contribution < -0.4 is 19.6 Å². The first-order chi connectivity index (χ1) is 13.4. The number of carboxylic acid groups (broad SMARTS) is 1. The van der Waals surface area contributed by atoms with Crippen molar-refractivity contribution in [1.82, 2.24) is 5.43 Å². The summed E-state index contributed by atoms with van der Waals surface area (Å²) in [5.74, 6) is -0.357. The smallest absolute Gasteiger partial charge is 0.341 e. The predicted octanol–water partition coefficient (Wildman–Crippen LogP) is 3.21. The van der Waals surface area contributed by atoms with Crippen LogP contribution in [0.2, 0.25) is 0 Å². The van der Waals surface area contributed by atoms with Gasteiger partial charge in [0.1, 0.15) is 5.75 Å². The number of hydrazone groups is 1. The van der Waals surface area contributed by atoms with Crippen molar-refractivity contribution in [2.75, 3.05) is 20.3 Å². The van der Waals surface area contributed by atoms with Crippen molar-refractivity contribution in [2.45, 2.75) is 0 Å². The molecule has 0 atom stereocenters. The minimum atomic E-state index is -1.10. The molecule has 2 rings (SSSR count). The van der Waals surface area contributed by atoms with Crippen LogP contribution in [0.25, 0.3) is 0 Å². The number of nitrogens with one attached hydrogen (secondary N) is 1. The van der Waals surface area contributed by atoms with Crippen LogP contribution in [0.4, 0.5) is 0 Å². The Hall–Kier alpha value is -2.59. The lowest BCUT2D eigenvalue weighted by Crippen LogP contribution is -2.24. The molecule has 1 amide bonds. The fourth-order valence-corrected chi connectivity index (χ4v) is 2.72. The summed E-state index contributed by atoms with van der Waals surface area (Å²) >= 11 is 6.63. The second-order valence-electron chi connectivity index (χ2n) is 5.24. The molecular weight excluding hydrogens is 500 g/mol. The first-order valence-corrected chi connectivity index (χ1v) is 9.40. The third-order valence-electron chi connectivity index (χ3n) is 3.20. The van der Waals surface area contributed by atoms with E-state index in [9.17, 15) is 9.59 Å². The van der Waals surface area contributed by atoms with E-state index in [1.807, 2.05) is 0 Å². The first kappa shape index (κ1) is 21.7. The number of ether oxygens (including phenoxy) is 3. The van der Waals surface area contributed by atoms with E-state index in [1.165, 1.54) is 13.3 Å². The molecule has 0 aliphatic rings. The van der Waals surface area contributed by atoms with Crippen molar-refractivity contribution in [1.29, 1.82) is 0 Å². The molecule has 8 nitrogen and oxygen atoms in total. The van der Waals surface area contributed by atoms with Gasteiger partial charge in [0.25, 0.3) is 5.91 Å². The molecule has 0 unspecified atom stereocenters. The van der Waals surface area contributed by atoms with Crippen molar-refractivity contribution in [3.05, 3.63) is 50.9 Å². The molecule has 10 heteroatoms. The van der Waals surface area contributed by atoms with Gasteiger partial charge in [0, 0.05) is 14.5 Å². The number of amides is 1. The normalized spacial score (nSPS) is 10.5. The molecule has 0 heterocycles. The lowest BCUT2D eigenvalue weighted by atomic mass is 10.2. The van der Waals surface area contributed by atoms with Gasteiger partial charge in [0.2, 0.25) is 0 Å². The highest BCUT2D eigenvalue weighted by atomic mass is 79.9. The van der Waals surface area contributed by atoms with Crippen LogP contribution >= 0.6 is 31.9 Å².